The molecule has 9 rings (SSSR count). The third-order valence-corrected chi connectivity index (χ3v) is 8.51. The third kappa shape index (κ3) is 3.41. The molecule has 2 heterocycles. The first-order valence-corrected chi connectivity index (χ1v) is 14.1. The highest BCUT2D eigenvalue weighted by atomic mass is 15.0. The number of nitrogens with zero attached hydrogens (tertiary/aromatic N) is 2. The van der Waals surface area contributed by atoms with E-state index in [4.69, 9.17) is 4.98 Å². The summed E-state index contributed by atoms with van der Waals surface area (Å²) in [6.45, 7) is 0. The Kier molecular flexibility index (Phi) is 4.64. The molecule has 7 aromatic carbocycles. The normalized spacial score (nSPS) is 11.9. The summed E-state index contributed by atoms with van der Waals surface area (Å²) in [4.78, 5) is 5.10. The standard InChI is InChI=1S/C39H24N2/c1-2-8-26-21-27(14-13-25(26)7-1)28-15-16-30-23-31(18-17-29(30)22-28)32-19-20-33-34-9-3-5-11-37(34)41-38-12-6-4-10-36(38)40-39(41)35(33)24-32/h1-24H. The summed E-state index contributed by atoms with van der Waals surface area (Å²) in [5.41, 5.74) is 9.23. The summed E-state index contributed by atoms with van der Waals surface area (Å²) in [6.07, 6.45) is 0. The van der Waals surface area contributed by atoms with Gasteiger partial charge in [0.25, 0.3) is 0 Å². The molecular formula is C39H24N2. The van der Waals surface area contributed by atoms with Crippen LogP contribution in [-0.2, 0) is 0 Å². The fraction of sp³-hybridized carbons (Fsp3) is 0. The van der Waals surface area contributed by atoms with E-state index in [2.05, 4.69) is 150 Å². The average Bonchev–Trinajstić information content (AvgIpc) is 3.44. The van der Waals surface area contributed by atoms with Gasteiger partial charge in [0.05, 0.1) is 16.6 Å². The van der Waals surface area contributed by atoms with Crippen molar-refractivity contribution in [3.05, 3.63) is 146 Å². The fourth-order valence-corrected chi connectivity index (χ4v) is 6.46. The Morgan fingerprint density at radius 1 is 0.366 bits per heavy atom. The smallest absolute Gasteiger partial charge is 0.146 e. The Labute approximate surface area is 236 Å². The predicted octanol–water partition coefficient (Wildman–Crippen LogP) is 10.4. The van der Waals surface area contributed by atoms with Crippen molar-refractivity contribution in [1.29, 1.82) is 0 Å². The van der Waals surface area contributed by atoms with E-state index in [1.54, 1.807) is 0 Å². The first kappa shape index (κ1) is 22.4. The maximum atomic E-state index is 5.10. The quantitative estimate of drug-likeness (QED) is 0.207. The predicted molar refractivity (Wildman–Crippen MR) is 174 cm³/mol. The van der Waals surface area contributed by atoms with Crippen molar-refractivity contribution in [3.8, 4) is 22.3 Å². The van der Waals surface area contributed by atoms with Gasteiger partial charge in [-0.2, -0.15) is 0 Å². The molecule has 41 heavy (non-hydrogen) atoms. The largest absolute Gasteiger partial charge is 0.292 e. The molecule has 0 radical (unpaired) electrons. The van der Waals surface area contributed by atoms with Crippen LogP contribution < -0.4 is 0 Å². The number of imidazole rings is 1. The van der Waals surface area contributed by atoms with E-state index in [0.717, 1.165) is 16.7 Å². The molecule has 0 saturated heterocycles. The Morgan fingerprint density at radius 2 is 0.902 bits per heavy atom. The molecule has 0 N–H and O–H groups in total. The van der Waals surface area contributed by atoms with Gasteiger partial charge in [0.2, 0.25) is 0 Å². The van der Waals surface area contributed by atoms with Crippen molar-refractivity contribution in [2.24, 2.45) is 0 Å². The number of benzene rings is 7. The lowest BCUT2D eigenvalue weighted by Crippen LogP contribution is -1.92. The van der Waals surface area contributed by atoms with Gasteiger partial charge in [-0.05, 0) is 91.6 Å². The first-order chi connectivity index (χ1) is 20.3. The fourth-order valence-electron chi connectivity index (χ4n) is 6.46. The molecule has 0 amide bonds. The lowest BCUT2D eigenvalue weighted by Gasteiger charge is -2.11. The van der Waals surface area contributed by atoms with Crippen LogP contribution in [0.2, 0.25) is 0 Å². The van der Waals surface area contributed by atoms with Gasteiger partial charge in [-0.15, -0.1) is 0 Å². The lowest BCUT2D eigenvalue weighted by molar-refractivity contribution is 1.31. The van der Waals surface area contributed by atoms with E-state index in [1.807, 2.05) is 0 Å². The second kappa shape index (κ2) is 8.51. The van der Waals surface area contributed by atoms with Crippen LogP contribution in [0.3, 0.4) is 0 Å². The highest BCUT2D eigenvalue weighted by Crippen LogP contribution is 2.36. The molecule has 0 fully saturated rings. The Hall–Kier alpha value is -5.47. The molecule has 0 aliphatic carbocycles. The summed E-state index contributed by atoms with van der Waals surface area (Å²) in [5, 5.41) is 8.66. The zero-order valence-electron chi connectivity index (χ0n) is 22.3. The van der Waals surface area contributed by atoms with Crippen LogP contribution in [0.25, 0.3) is 82.2 Å². The van der Waals surface area contributed by atoms with Crippen molar-refractivity contribution in [1.82, 2.24) is 9.38 Å². The van der Waals surface area contributed by atoms with Gasteiger partial charge >= 0.3 is 0 Å². The van der Waals surface area contributed by atoms with Crippen LogP contribution in [0.1, 0.15) is 0 Å². The zero-order chi connectivity index (χ0) is 26.9. The Morgan fingerprint density at radius 3 is 1.66 bits per heavy atom. The average molecular weight is 521 g/mol. The SMILES string of the molecule is c1ccc2cc(-c3ccc4cc(-c5ccc6c7ccccc7n7c8ccccc8nc7c6c5)ccc4c3)ccc2c1. The van der Waals surface area contributed by atoms with Crippen LogP contribution in [0, 0.1) is 0 Å². The molecule has 2 aromatic heterocycles. The molecule has 9 aromatic rings. The minimum absolute atomic E-state index is 1.00. The van der Waals surface area contributed by atoms with Gasteiger partial charge in [-0.25, -0.2) is 4.98 Å². The third-order valence-electron chi connectivity index (χ3n) is 8.51. The number of rotatable bonds is 2. The minimum atomic E-state index is 1.00. The van der Waals surface area contributed by atoms with Crippen molar-refractivity contribution in [2.45, 2.75) is 0 Å². The maximum Gasteiger partial charge on any atom is 0.146 e. The number of para-hydroxylation sites is 3. The second-order valence-corrected chi connectivity index (χ2v) is 10.9. The van der Waals surface area contributed by atoms with Gasteiger partial charge in [0, 0.05) is 10.8 Å². The molecule has 0 spiro atoms. The summed E-state index contributed by atoms with van der Waals surface area (Å²) < 4.78 is 2.31. The van der Waals surface area contributed by atoms with E-state index in [9.17, 15) is 0 Å². The van der Waals surface area contributed by atoms with Crippen molar-refractivity contribution in [3.63, 3.8) is 0 Å². The Bertz CT molecular complexity index is 2480. The van der Waals surface area contributed by atoms with E-state index in [0.29, 0.717) is 0 Å². The summed E-state index contributed by atoms with van der Waals surface area (Å²) in [6, 6.07) is 52.7. The van der Waals surface area contributed by atoms with Crippen LogP contribution >= 0.6 is 0 Å². The van der Waals surface area contributed by atoms with Gasteiger partial charge in [0.15, 0.2) is 0 Å². The molecule has 0 bridgehead atoms. The van der Waals surface area contributed by atoms with Gasteiger partial charge in [-0.3, -0.25) is 4.40 Å². The summed E-state index contributed by atoms with van der Waals surface area (Å²) in [5.74, 6) is 0. The van der Waals surface area contributed by atoms with Crippen LogP contribution in [0.4, 0.5) is 0 Å². The monoisotopic (exact) mass is 520 g/mol. The number of pyridine rings is 1. The molecule has 0 atom stereocenters. The Balaban J connectivity index is 1.20. The lowest BCUT2D eigenvalue weighted by atomic mass is 9.95. The molecule has 2 heteroatoms. The highest BCUT2D eigenvalue weighted by Gasteiger charge is 2.14. The first-order valence-electron chi connectivity index (χ1n) is 14.1. The molecule has 0 aliphatic heterocycles. The van der Waals surface area contributed by atoms with Crippen molar-refractivity contribution < 1.29 is 0 Å². The van der Waals surface area contributed by atoms with Gasteiger partial charge in [-0.1, -0.05) is 103 Å². The van der Waals surface area contributed by atoms with E-state index >= 15 is 0 Å². The summed E-state index contributed by atoms with van der Waals surface area (Å²) in [7, 11) is 0. The second-order valence-electron chi connectivity index (χ2n) is 10.9. The number of aromatic nitrogens is 2. The topological polar surface area (TPSA) is 17.3 Å². The summed E-state index contributed by atoms with van der Waals surface area (Å²) >= 11 is 0. The molecule has 0 aliphatic rings. The van der Waals surface area contributed by atoms with Crippen molar-refractivity contribution >= 4 is 59.9 Å². The molecule has 0 unspecified atom stereocenters. The van der Waals surface area contributed by atoms with Crippen LogP contribution in [0.5, 0.6) is 0 Å². The van der Waals surface area contributed by atoms with E-state index in [1.165, 1.54) is 65.5 Å². The zero-order valence-corrected chi connectivity index (χ0v) is 22.3. The van der Waals surface area contributed by atoms with E-state index in [-0.39, 0.29) is 0 Å². The molecule has 0 saturated carbocycles. The minimum Gasteiger partial charge on any atom is -0.292 e. The van der Waals surface area contributed by atoms with Crippen LogP contribution in [-0.4, -0.2) is 9.38 Å². The maximum absolute atomic E-state index is 5.10. The molecule has 190 valence electrons. The molecule has 2 nitrogen and oxygen atoms in total. The number of fused-ring (bicyclic) bond motifs is 10. The van der Waals surface area contributed by atoms with Crippen molar-refractivity contribution in [2.75, 3.05) is 0 Å². The van der Waals surface area contributed by atoms with E-state index < -0.39 is 0 Å². The van der Waals surface area contributed by atoms with Gasteiger partial charge < -0.3 is 0 Å². The number of hydrogen-bond donors (Lipinski definition) is 0. The number of hydrogen-bond acceptors (Lipinski definition) is 1. The van der Waals surface area contributed by atoms with Crippen LogP contribution in [0.15, 0.2) is 146 Å². The van der Waals surface area contributed by atoms with Gasteiger partial charge in [0.1, 0.15) is 5.65 Å². The highest BCUT2D eigenvalue weighted by molar-refractivity contribution is 6.14. The molecular weight excluding hydrogens is 496 g/mol.